The molecule has 24 heavy (non-hydrogen) atoms. The minimum Gasteiger partial charge on any atom is -0.374 e. The molecular weight excluding hydrogens is 306 g/mol. The molecule has 1 aromatic carbocycles. The van der Waals surface area contributed by atoms with Gasteiger partial charge in [0.25, 0.3) is 0 Å². The van der Waals surface area contributed by atoms with Crippen molar-refractivity contribution in [2.75, 3.05) is 20.2 Å². The van der Waals surface area contributed by atoms with Crippen LogP contribution in [0.25, 0.3) is 0 Å². The molecule has 1 heterocycles. The van der Waals surface area contributed by atoms with E-state index in [0.29, 0.717) is 30.8 Å². The quantitative estimate of drug-likeness (QED) is 0.438. The van der Waals surface area contributed by atoms with Crippen LogP contribution in [0.2, 0.25) is 0 Å². The summed E-state index contributed by atoms with van der Waals surface area (Å²) < 4.78 is 10.9. The second kappa shape index (κ2) is 9.67. The zero-order chi connectivity index (χ0) is 17.2. The third-order valence-electron chi connectivity index (χ3n) is 3.45. The van der Waals surface area contributed by atoms with Crippen molar-refractivity contribution in [3.05, 3.63) is 47.6 Å². The molecule has 0 fully saturated rings. The normalized spacial score (nSPS) is 12.9. The Morgan fingerprint density at radius 1 is 1.29 bits per heavy atom. The van der Waals surface area contributed by atoms with E-state index in [4.69, 9.17) is 9.26 Å². The Labute approximate surface area is 142 Å². The average molecular weight is 331 g/mol. The number of aliphatic imine (C=N–C) groups is 1. The molecule has 0 saturated carbocycles. The molecule has 0 amide bonds. The number of benzene rings is 1. The molecule has 130 valence electrons. The molecule has 2 rings (SSSR count). The van der Waals surface area contributed by atoms with Crippen molar-refractivity contribution in [2.24, 2.45) is 4.99 Å². The van der Waals surface area contributed by atoms with Crippen LogP contribution in [-0.2, 0) is 11.3 Å². The van der Waals surface area contributed by atoms with Crippen molar-refractivity contribution in [3.63, 3.8) is 0 Å². The van der Waals surface area contributed by atoms with E-state index in [1.165, 1.54) is 5.56 Å². The molecule has 0 saturated heterocycles. The number of aromatic nitrogens is 2. The number of rotatable bonds is 8. The first-order valence-corrected chi connectivity index (χ1v) is 8.09. The van der Waals surface area contributed by atoms with E-state index in [1.54, 1.807) is 14.0 Å². The van der Waals surface area contributed by atoms with Gasteiger partial charge < -0.3 is 19.9 Å². The molecule has 7 nitrogen and oxygen atoms in total. The summed E-state index contributed by atoms with van der Waals surface area (Å²) in [6.45, 7) is 5.75. The van der Waals surface area contributed by atoms with Crippen molar-refractivity contribution in [1.82, 2.24) is 20.8 Å². The minimum absolute atomic E-state index is 0.101. The summed E-state index contributed by atoms with van der Waals surface area (Å²) in [6, 6.07) is 10.2. The lowest BCUT2D eigenvalue weighted by molar-refractivity contribution is 0.0646. The van der Waals surface area contributed by atoms with E-state index in [1.807, 2.05) is 18.2 Å². The van der Waals surface area contributed by atoms with Crippen LogP contribution in [0, 0.1) is 6.92 Å². The summed E-state index contributed by atoms with van der Waals surface area (Å²) in [5, 5.41) is 10.1. The molecule has 2 aromatic rings. The van der Waals surface area contributed by atoms with Crippen LogP contribution in [0.1, 0.15) is 36.7 Å². The first kappa shape index (κ1) is 17.9. The minimum atomic E-state index is 0.101. The van der Waals surface area contributed by atoms with Crippen LogP contribution in [-0.4, -0.2) is 36.3 Å². The van der Waals surface area contributed by atoms with E-state index in [-0.39, 0.29) is 6.10 Å². The lowest BCUT2D eigenvalue weighted by Gasteiger charge is -2.14. The smallest absolute Gasteiger partial charge is 0.246 e. The Kier molecular flexibility index (Phi) is 7.22. The van der Waals surface area contributed by atoms with Crippen molar-refractivity contribution >= 4 is 5.96 Å². The Morgan fingerprint density at radius 3 is 2.75 bits per heavy atom. The summed E-state index contributed by atoms with van der Waals surface area (Å²) in [4.78, 5) is 8.29. The van der Waals surface area contributed by atoms with Crippen LogP contribution in [0.3, 0.4) is 0 Å². The summed E-state index contributed by atoms with van der Waals surface area (Å²) in [6.07, 6.45) is 0.988. The number of nitrogens with one attached hydrogen (secondary N) is 2. The van der Waals surface area contributed by atoms with Gasteiger partial charge in [-0.15, -0.1) is 0 Å². The number of aryl methyl sites for hydroxylation is 1. The largest absolute Gasteiger partial charge is 0.374 e. The number of nitrogens with zero attached hydrogens (tertiary/aromatic N) is 3. The van der Waals surface area contributed by atoms with Gasteiger partial charge in [-0.2, -0.15) is 4.98 Å². The van der Waals surface area contributed by atoms with Crippen LogP contribution >= 0.6 is 0 Å². The molecule has 0 aliphatic carbocycles. The van der Waals surface area contributed by atoms with Crippen molar-refractivity contribution < 1.29 is 9.26 Å². The molecule has 0 aliphatic rings. The molecule has 0 radical (unpaired) electrons. The summed E-state index contributed by atoms with van der Waals surface area (Å²) in [5.74, 6) is 1.86. The van der Waals surface area contributed by atoms with Gasteiger partial charge >= 0.3 is 0 Å². The van der Waals surface area contributed by atoms with Gasteiger partial charge in [-0.25, -0.2) is 0 Å². The maximum atomic E-state index is 5.84. The fourth-order valence-electron chi connectivity index (χ4n) is 2.15. The molecule has 0 bridgehead atoms. The summed E-state index contributed by atoms with van der Waals surface area (Å²) >= 11 is 0. The third kappa shape index (κ3) is 6.00. The second-order valence-corrected chi connectivity index (χ2v) is 5.37. The van der Waals surface area contributed by atoms with Crippen LogP contribution in [0.15, 0.2) is 39.8 Å². The van der Waals surface area contributed by atoms with Gasteiger partial charge in [0.15, 0.2) is 11.8 Å². The Bertz CT molecular complexity index is 627. The van der Waals surface area contributed by atoms with Gasteiger partial charge in [0, 0.05) is 20.2 Å². The van der Waals surface area contributed by atoms with E-state index >= 15 is 0 Å². The van der Waals surface area contributed by atoms with Crippen LogP contribution in [0.5, 0.6) is 0 Å². The van der Waals surface area contributed by atoms with E-state index in [0.717, 1.165) is 13.0 Å². The highest BCUT2D eigenvalue weighted by molar-refractivity contribution is 5.79. The average Bonchev–Trinajstić information content (AvgIpc) is 3.03. The fourth-order valence-corrected chi connectivity index (χ4v) is 2.15. The molecule has 0 aliphatic heterocycles. The fraction of sp³-hybridized carbons (Fsp3) is 0.471. The van der Waals surface area contributed by atoms with Gasteiger partial charge in [-0.3, -0.25) is 4.99 Å². The maximum Gasteiger partial charge on any atom is 0.246 e. The zero-order valence-corrected chi connectivity index (χ0v) is 14.5. The predicted octanol–water partition coefficient (Wildman–Crippen LogP) is 2.21. The zero-order valence-electron chi connectivity index (χ0n) is 14.5. The molecule has 1 unspecified atom stereocenters. The maximum absolute atomic E-state index is 5.84. The Balaban J connectivity index is 1.60. The SMILES string of the molecule is CN=C(NCCCOC(C)c1ccccc1)NCc1nc(C)no1. The molecule has 1 atom stereocenters. The predicted molar refractivity (Wildman–Crippen MR) is 92.7 cm³/mol. The monoisotopic (exact) mass is 331 g/mol. The highest BCUT2D eigenvalue weighted by Crippen LogP contribution is 2.15. The van der Waals surface area contributed by atoms with Gasteiger partial charge in [-0.05, 0) is 25.8 Å². The highest BCUT2D eigenvalue weighted by atomic mass is 16.5. The van der Waals surface area contributed by atoms with E-state index in [9.17, 15) is 0 Å². The van der Waals surface area contributed by atoms with E-state index in [2.05, 4.69) is 44.8 Å². The molecule has 7 heteroatoms. The summed E-state index contributed by atoms with van der Waals surface area (Å²) in [7, 11) is 1.72. The topological polar surface area (TPSA) is 84.6 Å². The number of guanidine groups is 1. The first-order chi connectivity index (χ1) is 11.7. The van der Waals surface area contributed by atoms with Gasteiger partial charge in [0.05, 0.1) is 12.6 Å². The van der Waals surface area contributed by atoms with Crippen molar-refractivity contribution in [2.45, 2.75) is 32.9 Å². The van der Waals surface area contributed by atoms with Crippen molar-refractivity contribution in [1.29, 1.82) is 0 Å². The van der Waals surface area contributed by atoms with Gasteiger partial charge in [-0.1, -0.05) is 35.5 Å². The van der Waals surface area contributed by atoms with Gasteiger partial charge in [0.2, 0.25) is 5.89 Å². The number of hydrogen-bond acceptors (Lipinski definition) is 5. The first-order valence-electron chi connectivity index (χ1n) is 8.09. The molecule has 1 aromatic heterocycles. The Morgan fingerprint density at radius 2 is 2.08 bits per heavy atom. The lowest BCUT2D eigenvalue weighted by Crippen LogP contribution is -2.37. The van der Waals surface area contributed by atoms with Crippen LogP contribution < -0.4 is 10.6 Å². The lowest BCUT2D eigenvalue weighted by atomic mass is 10.1. The highest BCUT2D eigenvalue weighted by Gasteiger charge is 2.05. The number of hydrogen-bond donors (Lipinski definition) is 2. The second-order valence-electron chi connectivity index (χ2n) is 5.37. The molecule has 0 spiro atoms. The molecular formula is C17H25N5O2. The van der Waals surface area contributed by atoms with E-state index < -0.39 is 0 Å². The van der Waals surface area contributed by atoms with Gasteiger partial charge in [0.1, 0.15) is 0 Å². The van der Waals surface area contributed by atoms with Crippen LogP contribution in [0.4, 0.5) is 0 Å². The third-order valence-corrected chi connectivity index (χ3v) is 3.45. The van der Waals surface area contributed by atoms with Crippen molar-refractivity contribution in [3.8, 4) is 0 Å². The Hall–Kier alpha value is -2.41. The summed E-state index contributed by atoms with van der Waals surface area (Å²) in [5.41, 5.74) is 1.19. The number of ether oxygens (including phenoxy) is 1. The standard InChI is InChI=1S/C17H25N5O2/c1-13(15-8-5-4-6-9-15)23-11-7-10-19-17(18-3)20-12-16-21-14(2)22-24-16/h4-6,8-9,13H,7,10-12H2,1-3H3,(H2,18,19,20). The molecule has 2 N–H and O–H groups in total.